The fourth-order valence-corrected chi connectivity index (χ4v) is 4.43. The molecule has 2 saturated heterocycles. The summed E-state index contributed by atoms with van der Waals surface area (Å²) in [6.07, 6.45) is 1.43. The van der Waals surface area contributed by atoms with Crippen LogP contribution in [0, 0.1) is 5.92 Å². The Balaban J connectivity index is 1.28. The van der Waals surface area contributed by atoms with Gasteiger partial charge < -0.3 is 14.7 Å². The van der Waals surface area contributed by atoms with E-state index >= 15 is 0 Å². The first-order chi connectivity index (χ1) is 14.1. The Morgan fingerprint density at radius 1 is 0.759 bits per heavy atom. The summed E-state index contributed by atoms with van der Waals surface area (Å²) in [7, 11) is 0. The zero-order chi connectivity index (χ0) is 20.2. The number of para-hydroxylation sites is 1. The van der Waals surface area contributed by atoms with Crippen molar-refractivity contribution in [1.82, 2.24) is 9.80 Å². The summed E-state index contributed by atoms with van der Waals surface area (Å²) in [5, 5.41) is 0.479. The lowest BCUT2D eigenvalue weighted by molar-refractivity contribution is -0.137. The minimum atomic E-state index is -0.0435. The van der Waals surface area contributed by atoms with Gasteiger partial charge in [0.05, 0.1) is 10.6 Å². The van der Waals surface area contributed by atoms with Crippen LogP contribution in [0.3, 0.4) is 0 Å². The van der Waals surface area contributed by atoms with E-state index in [1.807, 2.05) is 40.1 Å². The molecule has 0 atom stereocenters. The normalized spacial score (nSPS) is 18.0. The van der Waals surface area contributed by atoms with Gasteiger partial charge in [-0.05, 0) is 37.1 Å². The van der Waals surface area contributed by atoms with E-state index in [2.05, 4.69) is 17.0 Å². The van der Waals surface area contributed by atoms with Crippen molar-refractivity contribution < 1.29 is 9.59 Å². The Morgan fingerprint density at radius 3 is 2.03 bits per heavy atom. The van der Waals surface area contributed by atoms with Gasteiger partial charge in [0.15, 0.2) is 0 Å². The zero-order valence-electron chi connectivity index (χ0n) is 16.5. The van der Waals surface area contributed by atoms with Crippen LogP contribution in [0.5, 0.6) is 0 Å². The number of piperazine rings is 1. The van der Waals surface area contributed by atoms with Crippen molar-refractivity contribution >= 4 is 29.1 Å². The molecule has 6 heteroatoms. The van der Waals surface area contributed by atoms with Crippen molar-refractivity contribution in [3.05, 3.63) is 65.2 Å². The molecule has 2 aromatic carbocycles. The number of hydrogen-bond acceptors (Lipinski definition) is 3. The number of benzene rings is 2. The molecule has 0 radical (unpaired) electrons. The van der Waals surface area contributed by atoms with Gasteiger partial charge in [-0.15, -0.1) is 0 Å². The highest BCUT2D eigenvalue weighted by Gasteiger charge is 2.32. The molecule has 2 heterocycles. The van der Waals surface area contributed by atoms with E-state index < -0.39 is 0 Å². The summed E-state index contributed by atoms with van der Waals surface area (Å²) >= 11 is 6.16. The number of piperidine rings is 1. The average molecular weight is 412 g/mol. The van der Waals surface area contributed by atoms with Crippen LogP contribution in [-0.2, 0) is 4.79 Å². The summed E-state index contributed by atoms with van der Waals surface area (Å²) in [6, 6.07) is 17.5. The Bertz CT molecular complexity index is 857. The number of likely N-dealkylation sites (tertiary alicyclic amines) is 1. The molecule has 5 nitrogen and oxygen atoms in total. The van der Waals surface area contributed by atoms with Gasteiger partial charge in [0.1, 0.15) is 0 Å². The van der Waals surface area contributed by atoms with Crippen molar-refractivity contribution in [1.29, 1.82) is 0 Å². The standard InChI is InChI=1S/C23H26ClN3O2/c24-21-9-5-4-8-20(21)23(29)26-12-10-18(11-13-26)22(28)27-16-14-25(15-17-27)19-6-2-1-3-7-19/h1-9,18H,10-17H2. The second-order valence-electron chi connectivity index (χ2n) is 7.69. The average Bonchev–Trinajstić information content (AvgIpc) is 2.79. The van der Waals surface area contributed by atoms with Crippen LogP contribution in [-0.4, -0.2) is 60.9 Å². The molecule has 2 aliphatic heterocycles. The maximum atomic E-state index is 13.0. The number of amides is 2. The quantitative estimate of drug-likeness (QED) is 0.775. The third-order valence-electron chi connectivity index (χ3n) is 5.95. The fourth-order valence-electron chi connectivity index (χ4n) is 4.22. The minimum absolute atomic E-state index is 0.00794. The first-order valence-electron chi connectivity index (χ1n) is 10.3. The van der Waals surface area contributed by atoms with Crippen LogP contribution in [0.1, 0.15) is 23.2 Å². The largest absolute Gasteiger partial charge is 0.368 e. The van der Waals surface area contributed by atoms with Crippen molar-refractivity contribution in [3.63, 3.8) is 0 Å². The Hall–Kier alpha value is -2.53. The summed E-state index contributed by atoms with van der Waals surface area (Å²) < 4.78 is 0. The zero-order valence-corrected chi connectivity index (χ0v) is 17.2. The summed E-state index contributed by atoms with van der Waals surface area (Å²) in [5.74, 6) is 0.203. The molecular weight excluding hydrogens is 386 g/mol. The second kappa shape index (κ2) is 8.87. The Morgan fingerprint density at radius 2 is 1.38 bits per heavy atom. The topological polar surface area (TPSA) is 43.9 Å². The maximum absolute atomic E-state index is 13.0. The van der Waals surface area contributed by atoms with Crippen molar-refractivity contribution in [3.8, 4) is 0 Å². The van der Waals surface area contributed by atoms with E-state index in [-0.39, 0.29) is 17.7 Å². The van der Waals surface area contributed by atoms with Crippen LogP contribution in [0.4, 0.5) is 5.69 Å². The lowest BCUT2D eigenvalue weighted by Crippen LogP contribution is -2.52. The molecule has 2 amide bonds. The van der Waals surface area contributed by atoms with E-state index in [0.717, 1.165) is 26.2 Å². The highest BCUT2D eigenvalue weighted by Crippen LogP contribution is 2.25. The summed E-state index contributed by atoms with van der Waals surface area (Å²) in [5.41, 5.74) is 1.75. The van der Waals surface area contributed by atoms with Gasteiger partial charge in [-0.25, -0.2) is 0 Å². The molecule has 0 N–H and O–H groups in total. The minimum Gasteiger partial charge on any atom is -0.368 e. The highest BCUT2D eigenvalue weighted by molar-refractivity contribution is 6.33. The molecule has 0 aliphatic carbocycles. The first-order valence-corrected chi connectivity index (χ1v) is 10.6. The molecule has 152 valence electrons. The molecule has 0 unspecified atom stereocenters. The SMILES string of the molecule is O=C(c1ccccc1Cl)N1CCC(C(=O)N2CCN(c3ccccc3)CC2)CC1. The third kappa shape index (κ3) is 4.40. The number of hydrogen-bond donors (Lipinski definition) is 0. The number of carbonyl (C=O) groups excluding carboxylic acids is 2. The molecule has 0 saturated carbocycles. The predicted octanol–water partition coefficient (Wildman–Crippen LogP) is 3.54. The number of carbonyl (C=O) groups is 2. The second-order valence-corrected chi connectivity index (χ2v) is 8.10. The molecule has 0 aromatic heterocycles. The van der Waals surface area contributed by atoms with Gasteiger partial charge >= 0.3 is 0 Å². The molecule has 0 bridgehead atoms. The smallest absolute Gasteiger partial charge is 0.255 e. The van der Waals surface area contributed by atoms with Crippen LogP contribution in [0.25, 0.3) is 0 Å². The Labute approximate surface area is 176 Å². The molecule has 2 aliphatic rings. The number of nitrogens with zero attached hydrogens (tertiary/aromatic N) is 3. The molecular formula is C23H26ClN3O2. The lowest BCUT2D eigenvalue weighted by atomic mass is 9.94. The van der Waals surface area contributed by atoms with Gasteiger partial charge in [0.25, 0.3) is 5.91 Å². The van der Waals surface area contributed by atoms with Crippen molar-refractivity contribution in [2.45, 2.75) is 12.8 Å². The van der Waals surface area contributed by atoms with E-state index in [0.29, 0.717) is 36.5 Å². The van der Waals surface area contributed by atoms with E-state index in [1.165, 1.54) is 5.69 Å². The predicted molar refractivity (Wildman–Crippen MR) is 115 cm³/mol. The monoisotopic (exact) mass is 411 g/mol. The third-order valence-corrected chi connectivity index (χ3v) is 6.28. The van der Waals surface area contributed by atoms with Gasteiger partial charge in [0.2, 0.25) is 5.91 Å². The van der Waals surface area contributed by atoms with Crippen LogP contribution in [0.15, 0.2) is 54.6 Å². The van der Waals surface area contributed by atoms with Gasteiger partial charge in [-0.2, -0.15) is 0 Å². The molecule has 2 aromatic rings. The number of rotatable bonds is 3. The van der Waals surface area contributed by atoms with E-state index in [4.69, 9.17) is 11.6 Å². The van der Waals surface area contributed by atoms with Crippen molar-refractivity contribution in [2.75, 3.05) is 44.2 Å². The van der Waals surface area contributed by atoms with E-state index in [1.54, 1.807) is 12.1 Å². The summed E-state index contributed by atoms with van der Waals surface area (Å²) in [6.45, 7) is 4.44. The fraction of sp³-hybridized carbons (Fsp3) is 0.391. The van der Waals surface area contributed by atoms with Crippen LogP contribution >= 0.6 is 11.6 Å². The number of halogens is 1. The molecule has 29 heavy (non-hydrogen) atoms. The lowest BCUT2D eigenvalue weighted by Gasteiger charge is -2.39. The van der Waals surface area contributed by atoms with Gasteiger partial charge in [-0.1, -0.05) is 41.9 Å². The van der Waals surface area contributed by atoms with Crippen molar-refractivity contribution in [2.24, 2.45) is 5.92 Å². The molecule has 2 fully saturated rings. The Kier molecular flexibility index (Phi) is 6.05. The van der Waals surface area contributed by atoms with Crippen LogP contribution < -0.4 is 4.90 Å². The molecule has 0 spiro atoms. The maximum Gasteiger partial charge on any atom is 0.255 e. The first kappa shape index (κ1) is 19.8. The summed E-state index contributed by atoms with van der Waals surface area (Å²) in [4.78, 5) is 31.8. The highest BCUT2D eigenvalue weighted by atomic mass is 35.5. The number of anilines is 1. The van der Waals surface area contributed by atoms with Crippen LogP contribution in [0.2, 0.25) is 5.02 Å². The molecule has 4 rings (SSSR count). The van der Waals surface area contributed by atoms with E-state index in [9.17, 15) is 9.59 Å². The van der Waals surface area contributed by atoms with Gasteiger partial charge in [-0.3, -0.25) is 9.59 Å². The van der Waals surface area contributed by atoms with Gasteiger partial charge in [0, 0.05) is 50.9 Å².